The van der Waals surface area contributed by atoms with E-state index < -0.39 is 0 Å². The van der Waals surface area contributed by atoms with Crippen LogP contribution in [0.25, 0.3) is 0 Å². The molecule has 0 spiro atoms. The van der Waals surface area contributed by atoms with E-state index in [9.17, 15) is 0 Å². The molecule has 0 fully saturated rings. The Morgan fingerprint density at radius 3 is 3.26 bits per heavy atom. The Morgan fingerprint density at radius 1 is 1.53 bits per heavy atom. The average Bonchev–Trinajstić information content (AvgIpc) is 2.60. The Bertz CT molecular complexity index is 425. The fourth-order valence-corrected chi connectivity index (χ4v) is 3.17. The molecule has 0 radical (unpaired) electrons. The molecule has 1 atom stereocenters. The maximum Gasteiger partial charge on any atom is 0.125 e. The molecule has 1 aliphatic heterocycles. The Labute approximate surface area is 128 Å². The van der Waals surface area contributed by atoms with Gasteiger partial charge in [-0.1, -0.05) is 28.1 Å². The second-order valence-corrected chi connectivity index (χ2v) is 6.61. The summed E-state index contributed by atoms with van der Waals surface area (Å²) < 4.78 is 6.89. The van der Waals surface area contributed by atoms with E-state index in [2.05, 4.69) is 46.0 Å². The molecule has 0 saturated carbocycles. The summed E-state index contributed by atoms with van der Waals surface area (Å²) in [4.78, 5) is 0. The summed E-state index contributed by atoms with van der Waals surface area (Å²) in [5, 5.41) is 3.65. The van der Waals surface area contributed by atoms with Crippen molar-refractivity contribution < 1.29 is 4.74 Å². The zero-order valence-corrected chi connectivity index (χ0v) is 13.4. The van der Waals surface area contributed by atoms with E-state index in [0.29, 0.717) is 6.04 Å². The summed E-state index contributed by atoms with van der Waals surface area (Å²) in [6, 6.07) is 6.74. The van der Waals surface area contributed by atoms with Crippen molar-refractivity contribution in [3.8, 4) is 5.75 Å². The van der Waals surface area contributed by atoms with Crippen molar-refractivity contribution in [2.75, 3.05) is 24.7 Å². The molecule has 1 unspecified atom stereocenters. The first-order valence-electron chi connectivity index (χ1n) is 6.65. The van der Waals surface area contributed by atoms with Gasteiger partial charge in [0.15, 0.2) is 0 Å². The predicted molar refractivity (Wildman–Crippen MR) is 87.1 cm³/mol. The molecule has 0 aromatic heterocycles. The number of benzene rings is 1. The largest absolute Gasteiger partial charge is 0.493 e. The van der Waals surface area contributed by atoms with E-state index in [1.807, 2.05) is 17.8 Å². The summed E-state index contributed by atoms with van der Waals surface area (Å²) >= 11 is 5.42. The topological polar surface area (TPSA) is 21.3 Å². The van der Waals surface area contributed by atoms with Gasteiger partial charge >= 0.3 is 0 Å². The second kappa shape index (κ2) is 7.98. The van der Waals surface area contributed by atoms with Gasteiger partial charge in [-0.15, -0.1) is 6.58 Å². The van der Waals surface area contributed by atoms with Crippen molar-refractivity contribution in [2.24, 2.45) is 0 Å². The minimum absolute atomic E-state index is 0.412. The molecule has 1 aromatic carbocycles. The molecule has 0 amide bonds. The van der Waals surface area contributed by atoms with Gasteiger partial charge in [0, 0.05) is 34.1 Å². The number of nitrogens with one attached hydrogen (secondary N) is 1. The molecule has 2 rings (SSSR count). The summed E-state index contributed by atoms with van der Waals surface area (Å²) in [6.45, 7) is 5.58. The number of ether oxygens (including phenoxy) is 1. The first-order chi connectivity index (χ1) is 9.31. The molecule has 2 nitrogen and oxygen atoms in total. The Balaban J connectivity index is 1.95. The molecular formula is C15H20BrNOS. The standard InChI is InChI=1S/C15H20BrNOS/c1-2-9-19-10-7-17-14-4-3-8-18-15-11-12(16)5-6-13(14)15/h2,5-6,11,14,17H,1,3-4,7-10H2. The van der Waals surface area contributed by atoms with Crippen molar-refractivity contribution in [3.63, 3.8) is 0 Å². The van der Waals surface area contributed by atoms with Crippen molar-refractivity contribution in [3.05, 3.63) is 40.9 Å². The lowest BCUT2D eigenvalue weighted by molar-refractivity contribution is 0.315. The highest BCUT2D eigenvalue weighted by Crippen LogP contribution is 2.33. The van der Waals surface area contributed by atoms with Crippen molar-refractivity contribution in [2.45, 2.75) is 18.9 Å². The van der Waals surface area contributed by atoms with E-state index in [0.717, 1.165) is 47.7 Å². The third-order valence-corrected chi connectivity index (χ3v) is 4.58. The van der Waals surface area contributed by atoms with Crippen LogP contribution in [0.3, 0.4) is 0 Å². The van der Waals surface area contributed by atoms with Gasteiger partial charge in [-0.2, -0.15) is 11.8 Å². The van der Waals surface area contributed by atoms with Crippen LogP contribution in [-0.2, 0) is 0 Å². The second-order valence-electron chi connectivity index (χ2n) is 4.54. The van der Waals surface area contributed by atoms with Crippen LogP contribution in [0.15, 0.2) is 35.3 Å². The van der Waals surface area contributed by atoms with E-state index in [4.69, 9.17) is 4.74 Å². The third-order valence-electron chi connectivity index (χ3n) is 3.12. The summed E-state index contributed by atoms with van der Waals surface area (Å²) in [5.41, 5.74) is 1.29. The van der Waals surface area contributed by atoms with Crippen molar-refractivity contribution in [1.29, 1.82) is 0 Å². The highest BCUT2D eigenvalue weighted by atomic mass is 79.9. The maximum atomic E-state index is 5.82. The average molecular weight is 342 g/mol. The first kappa shape index (κ1) is 14.9. The molecule has 1 N–H and O–H groups in total. The van der Waals surface area contributed by atoms with E-state index in [-0.39, 0.29) is 0 Å². The molecule has 1 aliphatic rings. The third kappa shape index (κ3) is 4.55. The van der Waals surface area contributed by atoms with Crippen LogP contribution >= 0.6 is 27.7 Å². The molecule has 104 valence electrons. The number of fused-ring (bicyclic) bond motifs is 1. The molecule has 19 heavy (non-hydrogen) atoms. The van der Waals surface area contributed by atoms with Gasteiger partial charge in [-0.05, 0) is 25.0 Å². The molecule has 0 saturated heterocycles. The van der Waals surface area contributed by atoms with Gasteiger partial charge in [-0.3, -0.25) is 0 Å². The van der Waals surface area contributed by atoms with Crippen LogP contribution in [0.5, 0.6) is 5.75 Å². The van der Waals surface area contributed by atoms with Gasteiger partial charge in [0.2, 0.25) is 0 Å². The van der Waals surface area contributed by atoms with E-state index in [1.165, 1.54) is 5.56 Å². The van der Waals surface area contributed by atoms with Crippen LogP contribution < -0.4 is 10.1 Å². The van der Waals surface area contributed by atoms with Gasteiger partial charge in [0.25, 0.3) is 0 Å². The molecule has 1 heterocycles. The Morgan fingerprint density at radius 2 is 2.42 bits per heavy atom. The van der Waals surface area contributed by atoms with Gasteiger partial charge in [0.1, 0.15) is 5.75 Å². The van der Waals surface area contributed by atoms with Crippen molar-refractivity contribution >= 4 is 27.7 Å². The maximum absolute atomic E-state index is 5.82. The smallest absolute Gasteiger partial charge is 0.125 e. The number of thioether (sulfide) groups is 1. The predicted octanol–water partition coefficient (Wildman–Crippen LogP) is 4.17. The molecular weight excluding hydrogens is 322 g/mol. The number of rotatable bonds is 6. The minimum Gasteiger partial charge on any atom is -0.493 e. The zero-order chi connectivity index (χ0) is 13.5. The van der Waals surface area contributed by atoms with Gasteiger partial charge in [-0.25, -0.2) is 0 Å². The number of hydrogen-bond acceptors (Lipinski definition) is 3. The monoisotopic (exact) mass is 341 g/mol. The van der Waals surface area contributed by atoms with E-state index in [1.54, 1.807) is 0 Å². The first-order valence-corrected chi connectivity index (χ1v) is 8.60. The lowest BCUT2D eigenvalue weighted by atomic mass is 10.0. The van der Waals surface area contributed by atoms with Crippen LogP contribution in [0, 0.1) is 0 Å². The highest BCUT2D eigenvalue weighted by Gasteiger charge is 2.19. The molecule has 0 bridgehead atoms. The fourth-order valence-electron chi connectivity index (χ4n) is 2.23. The summed E-state index contributed by atoms with van der Waals surface area (Å²) in [7, 11) is 0. The summed E-state index contributed by atoms with van der Waals surface area (Å²) in [5.74, 6) is 3.16. The van der Waals surface area contributed by atoms with Crippen LogP contribution in [-0.4, -0.2) is 24.7 Å². The lowest BCUT2D eigenvalue weighted by Crippen LogP contribution is -2.23. The van der Waals surface area contributed by atoms with Gasteiger partial charge < -0.3 is 10.1 Å². The van der Waals surface area contributed by atoms with Crippen LogP contribution in [0.1, 0.15) is 24.4 Å². The molecule has 0 aliphatic carbocycles. The van der Waals surface area contributed by atoms with Gasteiger partial charge in [0.05, 0.1) is 6.61 Å². The molecule has 4 heteroatoms. The number of halogens is 1. The highest BCUT2D eigenvalue weighted by molar-refractivity contribution is 9.10. The number of hydrogen-bond donors (Lipinski definition) is 1. The Hall–Kier alpha value is -0.450. The quantitative estimate of drug-likeness (QED) is 0.619. The van der Waals surface area contributed by atoms with Crippen LogP contribution in [0.2, 0.25) is 0 Å². The normalized spacial score (nSPS) is 18.3. The zero-order valence-electron chi connectivity index (χ0n) is 11.0. The van der Waals surface area contributed by atoms with E-state index >= 15 is 0 Å². The molecule has 1 aromatic rings. The SMILES string of the molecule is C=CCSCCNC1CCCOc2cc(Br)ccc21. The Kier molecular flexibility index (Phi) is 6.28. The van der Waals surface area contributed by atoms with Crippen molar-refractivity contribution in [1.82, 2.24) is 5.32 Å². The van der Waals surface area contributed by atoms with Crippen LogP contribution in [0.4, 0.5) is 0 Å². The minimum atomic E-state index is 0.412. The summed E-state index contributed by atoms with van der Waals surface area (Å²) in [6.07, 6.45) is 4.20. The lowest BCUT2D eigenvalue weighted by Gasteiger charge is -2.18. The fraction of sp³-hybridized carbons (Fsp3) is 0.467.